The van der Waals surface area contributed by atoms with Gasteiger partial charge in [0, 0.05) is 12.0 Å². The van der Waals surface area contributed by atoms with Crippen molar-refractivity contribution in [1.82, 2.24) is 0 Å². The SMILES string of the molecule is CC1(C)C=C1CCCC/C=C\CN. The highest BCUT2D eigenvalue weighted by atomic mass is 14.5. The lowest BCUT2D eigenvalue weighted by Crippen LogP contribution is -1.92. The number of hydrogen-bond acceptors (Lipinski definition) is 1. The molecule has 0 radical (unpaired) electrons. The van der Waals surface area contributed by atoms with Crippen LogP contribution >= 0.6 is 0 Å². The molecule has 0 aromatic heterocycles. The quantitative estimate of drug-likeness (QED) is 0.492. The van der Waals surface area contributed by atoms with E-state index in [0.717, 1.165) is 0 Å². The highest BCUT2D eigenvalue weighted by molar-refractivity contribution is 5.35. The van der Waals surface area contributed by atoms with Crippen LogP contribution in [0.4, 0.5) is 0 Å². The first kappa shape index (κ1) is 10.5. The molecule has 1 heteroatoms. The first-order chi connectivity index (χ1) is 6.17. The predicted octanol–water partition coefficient (Wildman–Crippen LogP) is 3.03. The van der Waals surface area contributed by atoms with E-state index in [1.165, 1.54) is 25.7 Å². The second kappa shape index (κ2) is 4.61. The van der Waals surface area contributed by atoms with Crippen molar-refractivity contribution in [1.29, 1.82) is 0 Å². The Morgan fingerprint density at radius 2 is 2.00 bits per heavy atom. The minimum atomic E-state index is 0.465. The number of rotatable bonds is 6. The zero-order valence-corrected chi connectivity index (χ0v) is 8.84. The molecule has 74 valence electrons. The van der Waals surface area contributed by atoms with Crippen LogP contribution in [0.15, 0.2) is 23.8 Å². The highest BCUT2D eigenvalue weighted by Gasteiger charge is 2.32. The number of hydrogen-bond donors (Lipinski definition) is 1. The van der Waals surface area contributed by atoms with E-state index in [1.54, 1.807) is 5.57 Å². The van der Waals surface area contributed by atoms with E-state index in [1.807, 2.05) is 6.08 Å². The lowest BCUT2D eigenvalue weighted by atomic mass is 10.0. The predicted molar refractivity (Wildman–Crippen MR) is 58.5 cm³/mol. The minimum Gasteiger partial charge on any atom is -0.327 e. The molecule has 1 aliphatic rings. The van der Waals surface area contributed by atoms with Crippen molar-refractivity contribution in [3.05, 3.63) is 23.8 Å². The van der Waals surface area contributed by atoms with E-state index < -0.39 is 0 Å². The zero-order valence-electron chi connectivity index (χ0n) is 8.84. The molecule has 0 amide bonds. The van der Waals surface area contributed by atoms with Crippen LogP contribution in [0.3, 0.4) is 0 Å². The normalized spacial score (nSPS) is 19.2. The van der Waals surface area contributed by atoms with E-state index in [0.29, 0.717) is 12.0 Å². The molecule has 0 bridgehead atoms. The minimum absolute atomic E-state index is 0.465. The number of unbranched alkanes of at least 4 members (excludes halogenated alkanes) is 2. The summed E-state index contributed by atoms with van der Waals surface area (Å²) < 4.78 is 0. The Morgan fingerprint density at radius 3 is 2.54 bits per heavy atom. The Morgan fingerprint density at radius 1 is 1.31 bits per heavy atom. The van der Waals surface area contributed by atoms with Crippen LogP contribution < -0.4 is 5.73 Å². The van der Waals surface area contributed by atoms with Crippen LogP contribution in [-0.2, 0) is 0 Å². The molecule has 0 aliphatic heterocycles. The van der Waals surface area contributed by atoms with Crippen LogP contribution in [0.25, 0.3) is 0 Å². The third-order valence-corrected chi connectivity index (χ3v) is 2.65. The highest BCUT2D eigenvalue weighted by Crippen LogP contribution is 2.45. The maximum absolute atomic E-state index is 5.34. The van der Waals surface area contributed by atoms with E-state index >= 15 is 0 Å². The summed E-state index contributed by atoms with van der Waals surface area (Å²) in [4.78, 5) is 0. The van der Waals surface area contributed by atoms with Crippen LogP contribution in [0, 0.1) is 5.41 Å². The Kier molecular flexibility index (Phi) is 3.73. The van der Waals surface area contributed by atoms with Gasteiger partial charge in [0.15, 0.2) is 0 Å². The summed E-state index contributed by atoms with van der Waals surface area (Å²) in [5, 5.41) is 0. The molecule has 0 atom stereocenters. The molecule has 0 fully saturated rings. The fourth-order valence-electron chi connectivity index (χ4n) is 1.59. The van der Waals surface area contributed by atoms with E-state index in [4.69, 9.17) is 5.73 Å². The largest absolute Gasteiger partial charge is 0.327 e. The van der Waals surface area contributed by atoms with Crippen LogP contribution in [0.5, 0.6) is 0 Å². The van der Waals surface area contributed by atoms with Crippen molar-refractivity contribution < 1.29 is 0 Å². The fraction of sp³-hybridized carbons (Fsp3) is 0.667. The molecule has 0 aromatic rings. The topological polar surface area (TPSA) is 26.0 Å². The Labute approximate surface area is 81.7 Å². The summed E-state index contributed by atoms with van der Waals surface area (Å²) in [7, 11) is 0. The molecule has 0 saturated heterocycles. The first-order valence-corrected chi connectivity index (χ1v) is 5.24. The van der Waals surface area contributed by atoms with Crippen molar-refractivity contribution in [2.75, 3.05) is 6.54 Å². The van der Waals surface area contributed by atoms with Crippen LogP contribution in [0.2, 0.25) is 0 Å². The molecule has 2 N–H and O–H groups in total. The average molecular weight is 179 g/mol. The smallest absolute Gasteiger partial charge is 0.0106 e. The molecule has 0 unspecified atom stereocenters. The summed E-state index contributed by atoms with van der Waals surface area (Å²) in [6, 6.07) is 0. The van der Waals surface area contributed by atoms with Gasteiger partial charge < -0.3 is 5.73 Å². The van der Waals surface area contributed by atoms with Crippen molar-refractivity contribution >= 4 is 0 Å². The number of allylic oxidation sites excluding steroid dienone is 3. The molecular formula is C12H21N. The Bertz CT molecular complexity index is 211. The maximum atomic E-state index is 5.34. The second-order valence-corrected chi connectivity index (χ2v) is 4.34. The van der Waals surface area contributed by atoms with Crippen molar-refractivity contribution in [2.24, 2.45) is 11.1 Å². The lowest BCUT2D eigenvalue weighted by Gasteiger charge is -2.02. The van der Waals surface area contributed by atoms with Gasteiger partial charge in [-0.3, -0.25) is 0 Å². The van der Waals surface area contributed by atoms with Gasteiger partial charge in [-0.2, -0.15) is 0 Å². The van der Waals surface area contributed by atoms with Gasteiger partial charge in [-0.05, 0) is 25.7 Å². The molecule has 13 heavy (non-hydrogen) atoms. The third-order valence-electron chi connectivity index (χ3n) is 2.65. The molecule has 0 aromatic carbocycles. The van der Waals surface area contributed by atoms with Crippen molar-refractivity contribution in [2.45, 2.75) is 39.5 Å². The van der Waals surface area contributed by atoms with Gasteiger partial charge in [0.05, 0.1) is 0 Å². The molecular weight excluding hydrogens is 158 g/mol. The van der Waals surface area contributed by atoms with E-state index in [9.17, 15) is 0 Å². The summed E-state index contributed by atoms with van der Waals surface area (Å²) in [6.07, 6.45) is 11.7. The first-order valence-electron chi connectivity index (χ1n) is 5.24. The van der Waals surface area contributed by atoms with Gasteiger partial charge in [0.1, 0.15) is 0 Å². The van der Waals surface area contributed by atoms with Gasteiger partial charge in [-0.15, -0.1) is 0 Å². The summed E-state index contributed by atoms with van der Waals surface area (Å²) >= 11 is 0. The van der Waals surface area contributed by atoms with Gasteiger partial charge in [-0.1, -0.05) is 37.6 Å². The monoisotopic (exact) mass is 179 g/mol. The summed E-state index contributed by atoms with van der Waals surface area (Å²) in [5.74, 6) is 0. The molecule has 1 nitrogen and oxygen atoms in total. The maximum Gasteiger partial charge on any atom is 0.0106 e. The zero-order chi connectivity index (χ0) is 9.73. The standard InChI is InChI=1S/C12H21N/c1-12(2)10-11(12)8-6-4-3-5-7-9-13/h5,7,10H,3-4,6,8-9,13H2,1-2H3/b7-5-. The molecule has 0 spiro atoms. The number of nitrogens with two attached hydrogens (primary N) is 1. The average Bonchev–Trinajstić information content (AvgIpc) is 2.67. The molecule has 0 saturated carbocycles. The molecule has 1 rings (SSSR count). The second-order valence-electron chi connectivity index (χ2n) is 4.34. The Balaban J connectivity index is 1.91. The Hall–Kier alpha value is -0.560. The molecule has 1 aliphatic carbocycles. The van der Waals surface area contributed by atoms with Gasteiger partial charge in [-0.25, -0.2) is 0 Å². The van der Waals surface area contributed by atoms with E-state index in [2.05, 4.69) is 26.0 Å². The van der Waals surface area contributed by atoms with Crippen molar-refractivity contribution in [3.8, 4) is 0 Å². The van der Waals surface area contributed by atoms with Crippen LogP contribution in [0.1, 0.15) is 39.5 Å². The van der Waals surface area contributed by atoms with Crippen molar-refractivity contribution in [3.63, 3.8) is 0 Å². The van der Waals surface area contributed by atoms with Crippen LogP contribution in [-0.4, -0.2) is 6.54 Å². The molecule has 0 heterocycles. The lowest BCUT2D eigenvalue weighted by molar-refractivity contribution is 0.644. The van der Waals surface area contributed by atoms with Gasteiger partial charge >= 0.3 is 0 Å². The summed E-state index contributed by atoms with van der Waals surface area (Å²) in [5.41, 5.74) is 7.45. The third kappa shape index (κ3) is 3.77. The van der Waals surface area contributed by atoms with Gasteiger partial charge in [0.2, 0.25) is 0 Å². The van der Waals surface area contributed by atoms with Gasteiger partial charge in [0.25, 0.3) is 0 Å². The van der Waals surface area contributed by atoms with E-state index in [-0.39, 0.29) is 0 Å². The summed E-state index contributed by atoms with van der Waals surface area (Å²) in [6.45, 7) is 5.26. The fourth-order valence-corrected chi connectivity index (χ4v) is 1.59.